The number of halogens is 2. The van der Waals surface area contributed by atoms with Gasteiger partial charge in [0.05, 0.1) is 18.7 Å². The monoisotopic (exact) mass is 261 g/mol. The first-order valence-electron chi connectivity index (χ1n) is 5.19. The Labute approximate surface area is 109 Å². The van der Waals surface area contributed by atoms with Crippen molar-refractivity contribution in [1.82, 2.24) is 0 Å². The highest BCUT2D eigenvalue weighted by Gasteiger charge is 2.10. The summed E-state index contributed by atoms with van der Waals surface area (Å²) in [6.07, 6.45) is 0. The molecule has 0 heterocycles. The number of rotatable bonds is 2. The lowest BCUT2D eigenvalue weighted by Crippen LogP contribution is -1.89. The smallest absolute Gasteiger partial charge is 0.134 e. The molecule has 0 unspecified atom stereocenters. The van der Waals surface area contributed by atoms with Crippen LogP contribution >= 0.6 is 11.6 Å². The summed E-state index contributed by atoms with van der Waals surface area (Å²) in [5.74, 6) is 0.0296. The summed E-state index contributed by atoms with van der Waals surface area (Å²) in [5.41, 5.74) is 1.37. The van der Waals surface area contributed by atoms with Crippen molar-refractivity contribution in [1.29, 1.82) is 5.26 Å². The summed E-state index contributed by atoms with van der Waals surface area (Å²) in [7, 11) is 1.48. The lowest BCUT2D eigenvalue weighted by molar-refractivity contribution is 0.411. The van der Waals surface area contributed by atoms with Crippen LogP contribution in [0.3, 0.4) is 0 Å². The van der Waals surface area contributed by atoms with E-state index >= 15 is 0 Å². The molecule has 0 aliphatic carbocycles. The number of ether oxygens (including phenoxy) is 1. The highest BCUT2D eigenvalue weighted by atomic mass is 35.5. The van der Waals surface area contributed by atoms with E-state index in [2.05, 4.69) is 0 Å². The van der Waals surface area contributed by atoms with Gasteiger partial charge < -0.3 is 4.74 Å². The molecule has 2 aromatic carbocycles. The molecule has 90 valence electrons. The van der Waals surface area contributed by atoms with Crippen molar-refractivity contribution in [3.05, 3.63) is 52.8 Å². The van der Waals surface area contributed by atoms with Crippen LogP contribution in [-0.2, 0) is 0 Å². The highest BCUT2D eigenvalue weighted by Crippen LogP contribution is 2.32. The fraction of sp³-hybridized carbons (Fsp3) is 0.0714. The van der Waals surface area contributed by atoms with Crippen LogP contribution in [0.15, 0.2) is 36.4 Å². The third kappa shape index (κ3) is 2.29. The summed E-state index contributed by atoms with van der Waals surface area (Å²) < 4.78 is 18.8. The van der Waals surface area contributed by atoms with Crippen LogP contribution in [0, 0.1) is 17.1 Å². The van der Waals surface area contributed by atoms with Crippen LogP contribution in [0.25, 0.3) is 11.1 Å². The van der Waals surface area contributed by atoms with Crippen LogP contribution in [0.2, 0.25) is 5.02 Å². The van der Waals surface area contributed by atoms with Gasteiger partial charge in [0.15, 0.2) is 0 Å². The quantitative estimate of drug-likeness (QED) is 0.818. The Morgan fingerprint density at radius 2 is 1.89 bits per heavy atom. The summed E-state index contributed by atoms with van der Waals surface area (Å²) in [4.78, 5) is 0. The van der Waals surface area contributed by atoms with Crippen LogP contribution in [0.4, 0.5) is 4.39 Å². The zero-order valence-corrected chi connectivity index (χ0v) is 10.3. The summed E-state index contributed by atoms with van der Waals surface area (Å²) >= 11 is 6.04. The fourth-order valence-electron chi connectivity index (χ4n) is 1.64. The van der Waals surface area contributed by atoms with Gasteiger partial charge in [-0.1, -0.05) is 17.7 Å². The van der Waals surface area contributed by atoms with Crippen LogP contribution in [0.1, 0.15) is 5.56 Å². The molecule has 0 aromatic heterocycles. The van der Waals surface area contributed by atoms with Crippen molar-refractivity contribution in [2.75, 3.05) is 7.11 Å². The average molecular weight is 262 g/mol. The second-order valence-corrected chi connectivity index (χ2v) is 4.06. The predicted octanol–water partition coefficient (Wildman–Crippen LogP) is 4.03. The number of hydrogen-bond acceptors (Lipinski definition) is 2. The number of nitriles is 1. The molecule has 0 aliphatic rings. The van der Waals surface area contributed by atoms with Gasteiger partial charge in [-0.05, 0) is 24.3 Å². The van der Waals surface area contributed by atoms with Crippen LogP contribution < -0.4 is 4.74 Å². The van der Waals surface area contributed by atoms with E-state index in [1.165, 1.54) is 19.2 Å². The van der Waals surface area contributed by atoms with Crippen molar-refractivity contribution < 1.29 is 9.13 Å². The Morgan fingerprint density at radius 3 is 2.44 bits per heavy atom. The second kappa shape index (κ2) is 5.07. The minimum atomic E-state index is -0.416. The van der Waals surface area contributed by atoms with E-state index in [1.54, 1.807) is 24.3 Å². The van der Waals surface area contributed by atoms with Gasteiger partial charge in [-0.2, -0.15) is 5.26 Å². The molecular weight excluding hydrogens is 253 g/mol. The molecule has 4 heteroatoms. The first-order chi connectivity index (χ1) is 8.65. The van der Waals surface area contributed by atoms with Gasteiger partial charge >= 0.3 is 0 Å². The van der Waals surface area contributed by atoms with Crippen LogP contribution in [0.5, 0.6) is 5.75 Å². The van der Waals surface area contributed by atoms with Gasteiger partial charge in [0.1, 0.15) is 11.6 Å². The van der Waals surface area contributed by atoms with Gasteiger partial charge in [-0.15, -0.1) is 0 Å². The van der Waals surface area contributed by atoms with Crippen molar-refractivity contribution >= 4 is 11.6 Å². The van der Waals surface area contributed by atoms with E-state index in [1.807, 2.05) is 6.07 Å². The molecule has 0 bridgehead atoms. The molecule has 2 aromatic rings. The molecule has 0 radical (unpaired) electrons. The summed E-state index contributed by atoms with van der Waals surface area (Å²) in [6.45, 7) is 0. The van der Waals surface area contributed by atoms with E-state index in [-0.39, 0.29) is 0 Å². The van der Waals surface area contributed by atoms with Crippen molar-refractivity contribution in [2.24, 2.45) is 0 Å². The largest absolute Gasteiger partial charge is 0.497 e. The van der Waals surface area contributed by atoms with E-state index < -0.39 is 5.82 Å². The standard InChI is InChI=1S/C14H9ClFNO/c1-18-10-3-5-12(14(16)7-10)11-4-2-9(8-17)6-13(11)15/h2-7H,1H3. The predicted molar refractivity (Wildman–Crippen MR) is 68.1 cm³/mol. The fourth-order valence-corrected chi connectivity index (χ4v) is 1.93. The number of nitrogens with zero attached hydrogens (tertiary/aromatic N) is 1. The molecule has 2 rings (SSSR count). The van der Waals surface area contributed by atoms with Gasteiger partial charge in [-0.25, -0.2) is 4.39 Å². The lowest BCUT2D eigenvalue weighted by Gasteiger charge is -2.08. The Kier molecular flexibility index (Phi) is 3.50. The molecule has 0 aliphatic heterocycles. The maximum Gasteiger partial charge on any atom is 0.134 e. The average Bonchev–Trinajstić information content (AvgIpc) is 2.39. The maximum atomic E-state index is 13.9. The van der Waals surface area contributed by atoms with Crippen molar-refractivity contribution in [3.8, 4) is 22.9 Å². The van der Waals surface area contributed by atoms with E-state index in [9.17, 15) is 4.39 Å². The molecular formula is C14H9ClFNO. The molecule has 18 heavy (non-hydrogen) atoms. The SMILES string of the molecule is COc1ccc(-c2ccc(C#N)cc2Cl)c(F)c1. The Bertz CT molecular complexity index is 634. The zero-order chi connectivity index (χ0) is 13.1. The normalized spacial score (nSPS) is 9.89. The summed E-state index contributed by atoms with van der Waals surface area (Å²) in [6, 6.07) is 11.3. The molecule has 0 saturated heterocycles. The van der Waals surface area contributed by atoms with E-state index in [0.29, 0.717) is 27.5 Å². The van der Waals surface area contributed by atoms with Gasteiger partial charge in [0, 0.05) is 22.2 Å². The van der Waals surface area contributed by atoms with Crippen molar-refractivity contribution in [2.45, 2.75) is 0 Å². The maximum absolute atomic E-state index is 13.9. The van der Waals surface area contributed by atoms with E-state index in [4.69, 9.17) is 21.6 Å². The minimum Gasteiger partial charge on any atom is -0.497 e. The lowest BCUT2D eigenvalue weighted by atomic mass is 10.0. The summed E-state index contributed by atoms with van der Waals surface area (Å²) in [5, 5.41) is 9.09. The van der Waals surface area contributed by atoms with Gasteiger partial charge in [0.25, 0.3) is 0 Å². The van der Waals surface area contributed by atoms with E-state index in [0.717, 1.165) is 0 Å². The zero-order valence-electron chi connectivity index (χ0n) is 9.58. The molecule has 0 saturated carbocycles. The third-order valence-corrected chi connectivity index (χ3v) is 2.88. The highest BCUT2D eigenvalue weighted by molar-refractivity contribution is 6.33. The Hall–Kier alpha value is -2.05. The Balaban J connectivity index is 2.52. The minimum absolute atomic E-state index is 0.345. The van der Waals surface area contributed by atoms with Crippen LogP contribution in [-0.4, -0.2) is 7.11 Å². The number of benzene rings is 2. The second-order valence-electron chi connectivity index (χ2n) is 3.65. The van der Waals surface area contributed by atoms with Crippen molar-refractivity contribution in [3.63, 3.8) is 0 Å². The molecule has 0 atom stereocenters. The van der Waals surface area contributed by atoms with Gasteiger partial charge in [-0.3, -0.25) is 0 Å². The third-order valence-electron chi connectivity index (χ3n) is 2.56. The first kappa shape index (κ1) is 12.4. The van der Waals surface area contributed by atoms with Gasteiger partial charge in [0.2, 0.25) is 0 Å². The number of hydrogen-bond donors (Lipinski definition) is 0. The molecule has 0 fully saturated rings. The Morgan fingerprint density at radius 1 is 1.17 bits per heavy atom. The molecule has 0 N–H and O–H groups in total. The topological polar surface area (TPSA) is 33.0 Å². The molecule has 0 amide bonds. The molecule has 0 spiro atoms. The number of methoxy groups -OCH3 is 1. The first-order valence-corrected chi connectivity index (χ1v) is 5.57. The molecule has 2 nitrogen and oxygen atoms in total.